The summed E-state index contributed by atoms with van der Waals surface area (Å²) in [7, 11) is 4.21. The highest BCUT2D eigenvalue weighted by Gasteiger charge is 2.18. The van der Waals surface area contributed by atoms with Crippen molar-refractivity contribution in [3.05, 3.63) is 35.4 Å². The van der Waals surface area contributed by atoms with Crippen molar-refractivity contribution in [2.75, 3.05) is 53.4 Å². The average Bonchev–Trinajstić information content (AvgIpc) is 2.54. The van der Waals surface area contributed by atoms with Crippen molar-refractivity contribution in [3.8, 4) is 0 Å². The molecule has 4 nitrogen and oxygen atoms in total. The summed E-state index contributed by atoms with van der Waals surface area (Å²) in [4.78, 5) is 7.01. The Hall–Kier alpha value is -1.17. The van der Waals surface area contributed by atoms with Gasteiger partial charge in [0.25, 0.3) is 0 Å². The van der Waals surface area contributed by atoms with Crippen molar-refractivity contribution < 1.29 is 0 Å². The van der Waals surface area contributed by atoms with E-state index >= 15 is 0 Å². The monoisotopic (exact) mass is 334 g/mol. The van der Waals surface area contributed by atoms with Crippen molar-refractivity contribution >= 4 is 17.3 Å². The molecule has 0 radical (unpaired) electrons. The summed E-state index contributed by atoms with van der Waals surface area (Å²) in [6.45, 7) is 9.42. The van der Waals surface area contributed by atoms with Crippen LogP contribution in [0, 0.1) is 6.92 Å². The molecule has 0 aromatic heterocycles. The van der Waals surface area contributed by atoms with E-state index in [-0.39, 0.29) is 0 Å². The van der Waals surface area contributed by atoms with Gasteiger partial charge in [-0.1, -0.05) is 29.8 Å². The lowest BCUT2D eigenvalue weighted by Crippen LogP contribution is -2.51. The third-order valence-electron chi connectivity index (χ3n) is 4.24. The molecule has 1 aliphatic rings. The summed E-state index contributed by atoms with van der Waals surface area (Å²) in [5.41, 5.74) is 2.72. The van der Waals surface area contributed by atoms with Gasteiger partial charge in [0.2, 0.25) is 0 Å². The molecule has 2 rings (SSSR count). The molecule has 128 valence electrons. The van der Waals surface area contributed by atoms with Gasteiger partial charge in [0.15, 0.2) is 5.11 Å². The van der Waals surface area contributed by atoms with Gasteiger partial charge in [-0.15, -0.1) is 0 Å². The Kier molecular flexibility index (Phi) is 7.27. The standard InChI is InChI=1S/C18H30N4S/c1-16-5-7-17(8-6-16)15-21-11-13-22(14-12-21)18(23)19-9-4-10-20(2)3/h5-8H,4,9-15H2,1-3H3,(H,19,23). The molecule has 0 spiro atoms. The molecular weight excluding hydrogens is 304 g/mol. The van der Waals surface area contributed by atoms with Crippen molar-refractivity contribution in [1.29, 1.82) is 0 Å². The van der Waals surface area contributed by atoms with Crippen LogP contribution in [0.15, 0.2) is 24.3 Å². The number of thiocarbonyl (C=S) groups is 1. The van der Waals surface area contributed by atoms with E-state index in [0.717, 1.165) is 57.3 Å². The molecule has 0 amide bonds. The Morgan fingerprint density at radius 2 is 1.78 bits per heavy atom. The highest BCUT2D eigenvalue weighted by atomic mass is 32.1. The molecule has 0 bridgehead atoms. The lowest BCUT2D eigenvalue weighted by atomic mass is 10.1. The van der Waals surface area contributed by atoms with Gasteiger partial charge < -0.3 is 15.1 Å². The van der Waals surface area contributed by atoms with Gasteiger partial charge in [0.1, 0.15) is 0 Å². The van der Waals surface area contributed by atoms with E-state index in [1.807, 2.05) is 0 Å². The molecule has 23 heavy (non-hydrogen) atoms. The fraction of sp³-hybridized carbons (Fsp3) is 0.611. The molecule has 0 aliphatic carbocycles. The van der Waals surface area contributed by atoms with Crippen LogP contribution in [-0.4, -0.2) is 73.2 Å². The van der Waals surface area contributed by atoms with E-state index in [9.17, 15) is 0 Å². The van der Waals surface area contributed by atoms with E-state index in [1.165, 1.54) is 11.1 Å². The quantitative estimate of drug-likeness (QED) is 0.632. The average molecular weight is 335 g/mol. The van der Waals surface area contributed by atoms with Gasteiger partial charge in [-0.05, 0) is 51.8 Å². The van der Waals surface area contributed by atoms with Crippen LogP contribution in [0.5, 0.6) is 0 Å². The molecule has 1 aromatic rings. The van der Waals surface area contributed by atoms with Crippen molar-refractivity contribution in [1.82, 2.24) is 20.0 Å². The van der Waals surface area contributed by atoms with Gasteiger partial charge in [0.05, 0.1) is 0 Å². The molecule has 1 saturated heterocycles. The first-order chi connectivity index (χ1) is 11.0. The maximum absolute atomic E-state index is 5.52. The number of aryl methyl sites for hydroxylation is 1. The van der Waals surface area contributed by atoms with E-state index in [1.54, 1.807) is 0 Å². The van der Waals surface area contributed by atoms with Crippen LogP contribution in [0.3, 0.4) is 0 Å². The number of benzene rings is 1. The third-order valence-corrected chi connectivity index (χ3v) is 4.65. The van der Waals surface area contributed by atoms with Crippen LogP contribution in [0.2, 0.25) is 0 Å². The second kappa shape index (κ2) is 9.21. The summed E-state index contributed by atoms with van der Waals surface area (Å²) in [5.74, 6) is 0. The number of rotatable bonds is 6. The lowest BCUT2D eigenvalue weighted by Gasteiger charge is -2.36. The predicted molar refractivity (Wildman–Crippen MR) is 102 cm³/mol. The minimum atomic E-state index is 0.916. The normalized spacial score (nSPS) is 15.9. The molecule has 1 heterocycles. The topological polar surface area (TPSA) is 21.8 Å². The summed E-state index contributed by atoms with van der Waals surface area (Å²) < 4.78 is 0. The van der Waals surface area contributed by atoms with Crippen LogP contribution < -0.4 is 5.32 Å². The summed E-state index contributed by atoms with van der Waals surface area (Å²) in [6, 6.07) is 8.86. The first kappa shape index (κ1) is 18.2. The highest BCUT2D eigenvalue weighted by Crippen LogP contribution is 2.10. The fourth-order valence-electron chi connectivity index (χ4n) is 2.76. The van der Waals surface area contributed by atoms with Crippen molar-refractivity contribution in [2.24, 2.45) is 0 Å². The number of hydrogen-bond donors (Lipinski definition) is 1. The number of hydrogen-bond acceptors (Lipinski definition) is 3. The minimum absolute atomic E-state index is 0.916. The van der Waals surface area contributed by atoms with Crippen LogP contribution in [0.1, 0.15) is 17.5 Å². The Morgan fingerprint density at radius 1 is 1.13 bits per heavy atom. The molecule has 0 saturated carbocycles. The van der Waals surface area contributed by atoms with Gasteiger partial charge in [-0.3, -0.25) is 4.90 Å². The Balaban J connectivity index is 1.66. The number of nitrogens with one attached hydrogen (secondary N) is 1. The highest BCUT2D eigenvalue weighted by molar-refractivity contribution is 7.80. The third kappa shape index (κ3) is 6.45. The fourth-order valence-corrected chi connectivity index (χ4v) is 3.05. The largest absolute Gasteiger partial charge is 0.363 e. The maximum Gasteiger partial charge on any atom is 0.169 e. The van der Waals surface area contributed by atoms with Crippen LogP contribution in [0.25, 0.3) is 0 Å². The zero-order valence-electron chi connectivity index (χ0n) is 14.7. The van der Waals surface area contributed by atoms with Crippen LogP contribution >= 0.6 is 12.2 Å². The zero-order chi connectivity index (χ0) is 16.7. The van der Waals surface area contributed by atoms with Gasteiger partial charge >= 0.3 is 0 Å². The van der Waals surface area contributed by atoms with Gasteiger partial charge in [0, 0.05) is 39.3 Å². The van der Waals surface area contributed by atoms with E-state index in [2.05, 4.69) is 65.3 Å². The summed E-state index contributed by atoms with van der Waals surface area (Å²) in [5, 5.41) is 4.31. The van der Waals surface area contributed by atoms with Gasteiger partial charge in [-0.2, -0.15) is 0 Å². The number of nitrogens with zero attached hydrogens (tertiary/aromatic N) is 3. The van der Waals surface area contributed by atoms with Crippen LogP contribution in [0.4, 0.5) is 0 Å². The Bertz CT molecular complexity index is 478. The first-order valence-corrected chi connectivity index (χ1v) is 8.91. The van der Waals surface area contributed by atoms with E-state index < -0.39 is 0 Å². The van der Waals surface area contributed by atoms with E-state index in [4.69, 9.17) is 12.2 Å². The second-order valence-electron chi connectivity index (χ2n) is 6.64. The summed E-state index contributed by atoms with van der Waals surface area (Å²) >= 11 is 5.52. The minimum Gasteiger partial charge on any atom is -0.363 e. The maximum atomic E-state index is 5.52. The Morgan fingerprint density at radius 3 is 2.39 bits per heavy atom. The summed E-state index contributed by atoms with van der Waals surface area (Å²) in [6.07, 6.45) is 1.13. The second-order valence-corrected chi connectivity index (χ2v) is 7.02. The first-order valence-electron chi connectivity index (χ1n) is 8.50. The number of piperazine rings is 1. The molecule has 0 atom stereocenters. The van der Waals surface area contributed by atoms with E-state index in [0.29, 0.717) is 0 Å². The molecular formula is C18H30N4S. The van der Waals surface area contributed by atoms with Gasteiger partial charge in [-0.25, -0.2) is 0 Å². The predicted octanol–water partition coefficient (Wildman–Crippen LogP) is 1.94. The molecule has 1 N–H and O–H groups in total. The Labute approximate surface area is 146 Å². The smallest absolute Gasteiger partial charge is 0.169 e. The molecule has 1 aromatic carbocycles. The molecule has 0 unspecified atom stereocenters. The molecule has 1 fully saturated rings. The zero-order valence-corrected chi connectivity index (χ0v) is 15.5. The van der Waals surface area contributed by atoms with Crippen molar-refractivity contribution in [3.63, 3.8) is 0 Å². The van der Waals surface area contributed by atoms with Crippen LogP contribution in [-0.2, 0) is 6.54 Å². The van der Waals surface area contributed by atoms with Crippen molar-refractivity contribution in [2.45, 2.75) is 19.9 Å². The lowest BCUT2D eigenvalue weighted by molar-refractivity contribution is 0.174. The SMILES string of the molecule is Cc1ccc(CN2CCN(C(=S)NCCCN(C)C)CC2)cc1. The molecule has 5 heteroatoms. The molecule has 1 aliphatic heterocycles.